The summed E-state index contributed by atoms with van der Waals surface area (Å²) in [5, 5.41) is 6.13. The molecule has 0 saturated carbocycles. The van der Waals surface area contributed by atoms with Gasteiger partial charge in [-0.25, -0.2) is 4.79 Å². The van der Waals surface area contributed by atoms with Crippen LogP contribution in [0.3, 0.4) is 0 Å². The molecule has 1 amide bonds. The minimum atomic E-state index is -0.297. The van der Waals surface area contributed by atoms with Gasteiger partial charge in [-0.05, 0) is 52.1 Å². The first-order valence-electron chi connectivity index (χ1n) is 5.83. The molecule has 1 aliphatic heterocycles. The fourth-order valence-electron chi connectivity index (χ4n) is 1.80. The number of carbonyl (C=O) groups excluding carboxylic acids is 1. The first kappa shape index (κ1) is 12.3. The van der Waals surface area contributed by atoms with Crippen molar-refractivity contribution in [2.24, 2.45) is 5.92 Å². The van der Waals surface area contributed by atoms with Crippen molar-refractivity contribution in [1.82, 2.24) is 10.6 Å². The summed E-state index contributed by atoms with van der Waals surface area (Å²) in [6.45, 7) is 6.65. The molecule has 2 N–H and O–H groups in total. The van der Waals surface area contributed by atoms with Gasteiger partial charge >= 0.3 is 6.09 Å². The van der Waals surface area contributed by atoms with Crippen molar-refractivity contribution in [3.63, 3.8) is 0 Å². The lowest BCUT2D eigenvalue weighted by molar-refractivity contribution is 0.115. The number of carbonyl (C=O) groups is 1. The molecule has 1 unspecified atom stereocenters. The zero-order valence-electron chi connectivity index (χ0n) is 9.71. The Bertz CT molecular complexity index is 189. The van der Waals surface area contributed by atoms with E-state index in [1.54, 1.807) is 0 Å². The average molecular weight is 214 g/mol. The van der Waals surface area contributed by atoms with E-state index in [2.05, 4.69) is 10.6 Å². The SMILES string of the molecule is CC(C)OC(=O)NCCC1CCCNC1. The van der Waals surface area contributed by atoms with Gasteiger partial charge in [-0.15, -0.1) is 0 Å². The lowest BCUT2D eigenvalue weighted by Crippen LogP contribution is -2.33. The number of alkyl carbamates (subject to hydrolysis) is 1. The zero-order chi connectivity index (χ0) is 11.1. The van der Waals surface area contributed by atoms with Crippen LogP contribution in [0.1, 0.15) is 33.1 Å². The number of nitrogens with one attached hydrogen (secondary N) is 2. The van der Waals surface area contributed by atoms with Crippen molar-refractivity contribution in [3.8, 4) is 0 Å². The fourth-order valence-corrected chi connectivity index (χ4v) is 1.80. The predicted molar refractivity (Wildman–Crippen MR) is 59.8 cm³/mol. The fraction of sp³-hybridized carbons (Fsp3) is 0.909. The minimum absolute atomic E-state index is 0.0404. The molecule has 0 spiro atoms. The summed E-state index contributed by atoms with van der Waals surface area (Å²) in [5.74, 6) is 0.707. The summed E-state index contributed by atoms with van der Waals surface area (Å²) in [7, 11) is 0. The Kier molecular flexibility index (Phi) is 5.47. The van der Waals surface area contributed by atoms with Crippen LogP contribution >= 0.6 is 0 Å². The van der Waals surface area contributed by atoms with Crippen molar-refractivity contribution in [2.45, 2.75) is 39.2 Å². The van der Waals surface area contributed by atoms with Gasteiger partial charge in [0, 0.05) is 6.54 Å². The maximum Gasteiger partial charge on any atom is 0.407 e. The number of amides is 1. The number of rotatable bonds is 4. The van der Waals surface area contributed by atoms with Gasteiger partial charge in [0.1, 0.15) is 0 Å². The Morgan fingerprint density at radius 2 is 2.40 bits per heavy atom. The van der Waals surface area contributed by atoms with Gasteiger partial charge in [0.05, 0.1) is 6.10 Å². The molecule has 1 heterocycles. The summed E-state index contributed by atoms with van der Waals surface area (Å²) in [4.78, 5) is 11.1. The topological polar surface area (TPSA) is 50.4 Å². The van der Waals surface area contributed by atoms with Gasteiger partial charge in [0.15, 0.2) is 0 Å². The van der Waals surface area contributed by atoms with Gasteiger partial charge in [-0.3, -0.25) is 0 Å². The van der Waals surface area contributed by atoms with Crippen molar-refractivity contribution in [3.05, 3.63) is 0 Å². The van der Waals surface area contributed by atoms with E-state index in [-0.39, 0.29) is 12.2 Å². The molecule has 1 atom stereocenters. The van der Waals surface area contributed by atoms with E-state index in [4.69, 9.17) is 4.74 Å². The van der Waals surface area contributed by atoms with Crippen LogP contribution in [0.15, 0.2) is 0 Å². The monoisotopic (exact) mass is 214 g/mol. The van der Waals surface area contributed by atoms with E-state index in [0.717, 1.165) is 26.1 Å². The van der Waals surface area contributed by atoms with Crippen molar-refractivity contribution in [2.75, 3.05) is 19.6 Å². The van der Waals surface area contributed by atoms with Crippen LogP contribution in [-0.4, -0.2) is 31.8 Å². The molecule has 0 radical (unpaired) electrons. The van der Waals surface area contributed by atoms with Crippen LogP contribution in [-0.2, 0) is 4.74 Å². The lowest BCUT2D eigenvalue weighted by Gasteiger charge is -2.22. The highest BCUT2D eigenvalue weighted by Gasteiger charge is 2.13. The molecule has 1 fully saturated rings. The molecule has 0 aromatic heterocycles. The molecular formula is C11H22N2O2. The van der Waals surface area contributed by atoms with Gasteiger partial charge < -0.3 is 15.4 Å². The third-order valence-electron chi connectivity index (χ3n) is 2.56. The summed E-state index contributed by atoms with van der Waals surface area (Å²) in [5.41, 5.74) is 0. The molecule has 0 bridgehead atoms. The molecule has 1 rings (SSSR count). The maximum absolute atomic E-state index is 11.1. The summed E-state index contributed by atoms with van der Waals surface area (Å²) >= 11 is 0. The van der Waals surface area contributed by atoms with E-state index in [9.17, 15) is 4.79 Å². The first-order chi connectivity index (χ1) is 7.18. The number of ether oxygens (including phenoxy) is 1. The van der Waals surface area contributed by atoms with Crippen LogP contribution in [0.5, 0.6) is 0 Å². The molecule has 15 heavy (non-hydrogen) atoms. The van der Waals surface area contributed by atoms with Gasteiger partial charge in [0.25, 0.3) is 0 Å². The standard InChI is InChI=1S/C11H22N2O2/c1-9(2)15-11(14)13-7-5-10-4-3-6-12-8-10/h9-10,12H,3-8H2,1-2H3,(H,13,14). The highest BCUT2D eigenvalue weighted by atomic mass is 16.6. The normalized spacial score (nSPS) is 21.4. The smallest absolute Gasteiger partial charge is 0.407 e. The lowest BCUT2D eigenvalue weighted by atomic mass is 9.96. The minimum Gasteiger partial charge on any atom is -0.447 e. The van der Waals surface area contributed by atoms with E-state index >= 15 is 0 Å². The van der Waals surface area contributed by atoms with Crippen LogP contribution < -0.4 is 10.6 Å². The highest BCUT2D eigenvalue weighted by molar-refractivity contribution is 5.67. The summed E-state index contributed by atoms with van der Waals surface area (Å²) in [6.07, 6.45) is 3.23. The van der Waals surface area contributed by atoms with Crippen molar-refractivity contribution >= 4 is 6.09 Å². The van der Waals surface area contributed by atoms with Crippen LogP contribution in [0.25, 0.3) is 0 Å². The number of piperidine rings is 1. The van der Waals surface area contributed by atoms with Gasteiger partial charge in [-0.1, -0.05) is 0 Å². The molecular weight excluding hydrogens is 192 g/mol. The average Bonchev–Trinajstić information content (AvgIpc) is 2.18. The van der Waals surface area contributed by atoms with Crippen LogP contribution in [0.4, 0.5) is 4.79 Å². The Morgan fingerprint density at radius 1 is 1.60 bits per heavy atom. The molecule has 4 heteroatoms. The molecule has 88 valence electrons. The van der Waals surface area contributed by atoms with Crippen molar-refractivity contribution < 1.29 is 9.53 Å². The molecule has 1 aliphatic rings. The Hall–Kier alpha value is -0.770. The zero-order valence-corrected chi connectivity index (χ0v) is 9.71. The third-order valence-corrected chi connectivity index (χ3v) is 2.56. The Morgan fingerprint density at radius 3 is 3.00 bits per heavy atom. The second-order valence-corrected chi connectivity index (χ2v) is 4.38. The van der Waals surface area contributed by atoms with E-state index < -0.39 is 0 Å². The molecule has 0 aliphatic carbocycles. The second-order valence-electron chi connectivity index (χ2n) is 4.38. The first-order valence-corrected chi connectivity index (χ1v) is 5.83. The highest BCUT2D eigenvalue weighted by Crippen LogP contribution is 2.12. The molecule has 1 saturated heterocycles. The van der Waals surface area contributed by atoms with E-state index in [0.29, 0.717) is 5.92 Å². The number of hydrogen-bond acceptors (Lipinski definition) is 3. The quantitative estimate of drug-likeness (QED) is 0.746. The van der Waals surface area contributed by atoms with E-state index in [1.807, 2.05) is 13.8 Å². The second kappa shape index (κ2) is 6.67. The maximum atomic E-state index is 11.1. The third kappa shape index (κ3) is 5.62. The largest absolute Gasteiger partial charge is 0.447 e. The molecule has 0 aromatic carbocycles. The number of hydrogen-bond donors (Lipinski definition) is 2. The summed E-state index contributed by atoms with van der Waals surface area (Å²) in [6, 6.07) is 0. The van der Waals surface area contributed by atoms with Gasteiger partial charge in [-0.2, -0.15) is 0 Å². The Balaban J connectivity index is 2.02. The molecule has 4 nitrogen and oxygen atoms in total. The Labute approximate surface area is 91.8 Å². The van der Waals surface area contributed by atoms with Gasteiger partial charge in [0.2, 0.25) is 0 Å². The molecule has 0 aromatic rings. The predicted octanol–water partition coefficient (Wildman–Crippen LogP) is 1.51. The van der Waals surface area contributed by atoms with Crippen LogP contribution in [0.2, 0.25) is 0 Å². The summed E-state index contributed by atoms with van der Waals surface area (Å²) < 4.78 is 4.97. The van der Waals surface area contributed by atoms with E-state index in [1.165, 1.54) is 12.8 Å². The van der Waals surface area contributed by atoms with Crippen molar-refractivity contribution in [1.29, 1.82) is 0 Å². The van der Waals surface area contributed by atoms with Crippen LogP contribution in [0, 0.1) is 5.92 Å².